The number of carbonyl (C=O) groups is 1. The number of allylic oxidation sites excluding steroid dienone is 2. The molecule has 2 bridgehead atoms. The van der Waals surface area contributed by atoms with E-state index in [1.807, 2.05) is 0 Å². The highest BCUT2D eigenvalue weighted by Crippen LogP contribution is 2.48. The second-order valence-corrected chi connectivity index (χ2v) is 8.27. The summed E-state index contributed by atoms with van der Waals surface area (Å²) in [7, 11) is 0. The van der Waals surface area contributed by atoms with Crippen LogP contribution in [0.1, 0.15) is 77.0 Å². The third kappa shape index (κ3) is 2.63. The van der Waals surface area contributed by atoms with Crippen molar-refractivity contribution in [3.05, 3.63) is 12.2 Å². The smallest absolute Gasteiger partial charge is 0.310 e. The Morgan fingerprint density at radius 1 is 0.909 bits per heavy atom. The van der Waals surface area contributed by atoms with E-state index in [1.54, 1.807) is 0 Å². The van der Waals surface area contributed by atoms with Crippen molar-refractivity contribution in [2.45, 2.75) is 82.7 Å². The summed E-state index contributed by atoms with van der Waals surface area (Å²) >= 11 is 0. The third-order valence-corrected chi connectivity index (χ3v) is 6.93. The topological polar surface area (TPSA) is 26.3 Å². The molecule has 22 heavy (non-hydrogen) atoms. The predicted octanol–water partition coefficient (Wildman–Crippen LogP) is 5.03. The second kappa shape index (κ2) is 6.02. The average Bonchev–Trinajstić information content (AvgIpc) is 3.20. The highest BCUT2D eigenvalue weighted by Gasteiger charge is 2.47. The highest BCUT2D eigenvalue weighted by molar-refractivity contribution is 5.74. The quantitative estimate of drug-likeness (QED) is 0.540. The van der Waals surface area contributed by atoms with Gasteiger partial charge in [0.2, 0.25) is 0 Å². The lowest BCUT2D eigenvalue weighted by Crippen LogP contribution is -2.46. The summed E-state index contributed by atoms with van der Waals surface area (Å²) in [6, 6.07) is 0. The fourth-order valence-electron chi connectivity index (χ4n) is 5.70. The lowest BCUT2D eigenvalue weighted by molar-refractivity contribution is -0.179. The standard InChI is InChI=1S/C20H30O2/c21-19(18-14-15-9-10-16(18)13-15)22-20(11-5-2-6-12-20)17-7-3-1-4-8-17/h9-10,15-18H,1-8,11-14H2. The summed E-state index contributed by atoms with van der Waals surface area (Å²) in [6.07, 6.45) is 19.5. The van der Waals surface area contributed by atoms with Crippen LogP contribution in [0.5, 0.6) is 0 Å². The zero-order valence-electron chi connectivity index (χ0n) is 13.8. The molecule has 0 saturated heterocycles. The molecule has 2 nitrogen and oxygen atoms in total. The zero-order valence-corrected chi connectivity index (χ0v) is 13.8. The molecule has 3 atom stereocenters. The van der Waals surface area contributed by atoms with Crippen LogP contribution >= 0.6 is 0 Å². The second-order valence-electron chi connectivity index (χ2n) is 8.27. The number of rotatable bonds is 3. The van der Waals surface area contributed by atoms with Crippen molar-refractivity contribution in [2.75, 3.05) is 0 Å². The summed E-state index contributed by atoms with van der Waals surface area (Å²) < 4.78 is 6.38. The first-order chi connectivity index (χ1) is 10.8. The molecule has 0 amide bonds. The van der Waals surface area contributed by atoms with Gasteiger partial charge in [0.15, 0.2) is 0 Å². The molecule has 0 spiro atoms. The molecule has 0 aromatic rings. The molecule has 0 N–H and O–H groups in total. The van der Waals surface area contributed by atoms with Gasteiger partial charge in [0.25, 0.3) is 0 Å². The SMILES string of the molecule is O=C(OC1(C2CCCCC2)CCCCC1)C1CC2C=CC1C2. The maximum Gasteiger partial charge on any atom is 0.310 e. The molecule has 3 fully saturated rings. The summed E-state index contributed by atoms with van der Waals surface area (Å²) in [5.41, 5.74) is -0.0959. The van der Waals surface area contributed by atoms with Crippen molar-refractivity contribution in [2.24, 2.45) is 23.7 Å². The molecule has 0 aliphatic heterocycles. The Morgan fingerprint density at radius 3 is 2.27 bits per heavy atom. The van der Waals surface area contributed by atoms with E-state index in [9.17, 15) is 4.79 Å². The Hall–Kier alpha value is -0.790. The van der Waals surface area contributed by atoms with Crippen LogP contribution in [-0.4, -0.2) is 11.6 Å². The van der Waals surface area contributed by atoms with Gasteiger partial charge in [-0.15, -0.1) is 0 Å². The Balaban J connectivity index is 1.48. The molecule has 2 heteroatoms. The van der Waals surface area contributed by atoms with Crippen molar-refractivity contribution >= 4 is 5.97 Å². The minimum Gasteiger partial charge on any atom is -0.459 e. The Morgan fingerprint density at radius 2 is 1.64 bits per heavy atom. The van der Waals surface area contributed by atoms with Crippen molar-refractivity contribution < 1.29 is 9.53 Å². The molecule has 0 aromatic carbocycles. The lowest BCUT2D eigenvalue weighted by atomic mass is 9.69. The van der Waals surface area contributed by atoms with E-state index in [1.165, 1.54) is 57.8 Å². The van der Waals surface area contributed by atoms with Crippen LogP contribution in [0.15, 0.2) is 12.2 Å². The normalized spacial score (nSPS) is 37.4. The summed E-state index contributed by atoms with van der Waals surface area (Å²) in [5.74, 6) is 2.07. The predicted molar refractivity (Wildman–Crippen MR) is 87.3 cm³/mol. The van der Waals surface area contributed by atoms with E-state index in [4.69, 9.17) is 4.74 Å². The fourth-order valence-corrected chi connectivity index (χ4v) is 5.70. The molecule has 122 valence electrons. The summed E-state index contributed by atoms with van der Waals surface area (Å²) in [6.45, 7) is 0. The van der Waals surface area contributed by atoms with Crippen LogP contribution in [0.3, 0.4) is 0 Å². The van der Waals surface area contributed by atoms with E-state index in [2.05, 4.69) is 12.2 Å². The van der Waals surface area contributed by atoms with Crippen molar-refractivity contribution in [3.63, 3.8) is 0 Å². The molecular weight excluding hydrogens is 272 g/mol. The number of carbonyl (C=O) groups excluding carboxylic acids is 1. The Labute approximate surface area is 134 Å². The number of esters is 1. The molecule has 0 radical (unpaired) electrons. The maximum atomic E-state index is 12.9. The molecule has 4 aliphatic rings. The van der Waals surface area contributed by atoms with Crippen molar-refractivity contribution in [3.8, 4) is 0 Å². The largest absolute Gasteiger partial charge is 0.459 e. The molecule has 0 heterocycles. The van der Waals surface area contributed by atoms with Gasteiger partial charge in [0.1, 0.15) is 5.60 Å². The number of hydrogen-bond acceptors (Lipinski definition) is 2. The third-order valence-electron chi connectivity index (χ3n) is 6.93. The molecule has 4 aliphatic carbocycles. The van der Waals surface area contributed by atoms with Gasteiger partial charge < -0.3 is 4.74 Å². The van der Waals surface area contributed by atoms with Crippen LogP contribution in [0, 0.1) is 23.7 Å². The summed E-state index contributed by atoms with van der Waals surface area (Å²) in [4.78, 5) is 12.9. The van der Waals surface area contributed by atoms with Crippen LogP contribution < -0.4 is 0 Å². The van der Waals surface area contributed by atoms with Gasteiger partial charge in [-0.2, -0.15) is 0 Å². The van der Waals surface area contributed by atoms with Crippen molar-refractivity contribution in [1.82, 2.24) is 0 Å². The minimum absolute atomic E-state index is 0.0959. The first kappa shape index (κ1) is 14.8. The Bertz CT molecular complexity index is 441. The van der Waals surface area contributed by atoms with Crippen LogP contribution in [0.25, 0.3) is 0 Å². The first-order valence-corrected chi connectivity index (χ1v) is 9.68. The van der Waals surface area contributed by atoms with Gasteiger partial charge in [-0.1, -0.05) is 37.8 Å². The minimum atomic E-state index is -0.0959. The molecule has 3 saturated carbocycles. The van der Waals surface area contributed by atoms with Gasteiger partial charge in [-0.3, -0.25) is 4.79 Å². The lowest BCUT2D eigenvalue weighted by Gasteiger charge is -2.45. The zero-order chi connectivity index (χ0) is 15.0. The number of fused-ring (bicyclic) bond motifs is 2. The van der Waals surface area contributed by atoms with E-state index < -0.39 is 0 Å². The number of ether oxygens (including phenoxy) is 1. The van der Waals surface area contributed by atoms with E-state index in [-0.39, 0.29) is 17.5 Å². The van der Waals surface area contributed by atoms with Gasteiger partial charge in [-0.25, -0.2) is 0 Å². The monoisotopic (exact) mass is 302 g/mol. The number of hydrogen-bond donors (Lipinski definition) is 0. The molecule has 4 rings (SSSR count). The fraction of sp³-hybridized carbons (Fsp3) is 0.850. The van der Waals surface area contributed by atoms with Crippen LogP contribution in [0.2, 0.25) is 0 Å². The summed E-state index contributed by atoms with van der Waals surface area (Å²) in [5, 5.41) is 0. The van der Waals surface area contributed by atoms with E-state index >= 15 is 0 Å². The maximum absolute atomic E-state index is 12.9. The molecular formula is C20H30O2. The van der Waals surface area contributed by atoms with Gasteiger partial charge in [0.05, 0.1) is 5.92 Å². The van der Waals surface area contributed by atoms with Gasteiger partial charge in [0, 0.05) is 0 Å². The van der Waals surface area contributed by atoms with Gasteiger partial charge >= 0.3 is 5.97 Å². The molecule has 0 aromatic heterocycles. The Kier molecular flexibility index (Phi) is 4.04. The van der Waals surface area contributed by atoms with Crippen LogP contribution in [0.4, 0.5) is 0 Å². The van der Waals surface area contributed by atoms with E-state index in [0.717, 1.165) is 19.3 Å². The average molecular weight is 302 g/mol. The molecule has 3 unspecified atom stereocenters. The highest BCUT2D eigenvalue weighted by atomic mass is 16.6. The van der Waals surface area contributed by atoms with Crippen molar-refractivity contribution in [1.29, 1.82) is 0 Å². The first-order valence-electron chi connectivity index (χ1n) is 9.68. The van der Waals surface area contributed by atoms with Gasteiger partial charge in [-0.05, 0) is 69.1 Å². The van der Waals surface area contributed by atoms with E-state index in [0.29, 0.717) is 17.8 Å². The van der Waals surface area contributed by atoms with Crippen LogP contribution in [-0.2, 0) is 9.53 Å².